The Labute approximate surface area is 104 Å². The Balaban J connectivity index is 2.40. The average molecular weight is 247 g/mol. The molecule has 0 saturated heterocycles. The first-order chi connectivity index (χ1) is 8.61. The SMILES string of the molecule is Cc1ccc(=O)n(Cc2cccc(CN)c2F)n1. The summed E-state index contributed by atoms with van der Waals surface area (Å²) in [6.45, 7) is 2.03. The van der Waals surface area contributed by atoms with Crippen molar-refractivity contribution < 1.29 is 4.39 Å². The third kappa shape index (κ3) is 2.46. The molecule has 0 aliphatic rings. The van der Waals surface area contributed by atoms with E-state index in [0.717, 1.165) is 0 Å². The molecule has 0 atom stereocenters. The van der Waals surface area contributed by atoms with Gasteiger partial charge in [0.2, 0.25) is 0 Å². The van der Waals surface area contributed by atoms with Crippen LogP contribution in [0.5, 0.6) is 0 Å². The van der Waals surface area contributed by atoms with E-state index in [4.69, 9.17) is 5.73 Å². The lowest BCUT2D eigenvalue weighted by atomic mass is 10.1. The Bertz CT molecular complexity index is 622. The highest BCUT2D eigenvalue weighted by Gasteiger charge is 2.08. The molecule has 1 aromatic heterocycles. The van der Waals surface area contributed by atoms with Gasteiger partial charge in [-0.05, 0) is 13.0 Å². The van der Waals surface area contributed by atoms with Crippen LogP contribution in [-0.4, -0.2) is 9.78 Å². The standard InChI is InChI=1S/C13H14FN3O/c1-9-5-6-12(18)17(16-9)8-11-4-2-3-10(7-15)13(11)14/h2-6H,7-8,15H2,1H3. The number of aromatic nitrogens is 2. The van der Waals surface area contributed by atoms with E-state index in [1.165, 1.54) is 10.7 Å². The number of aryl methyl sites for hydroxylation is 1. The van der Waals surface area contributed by atoms with Gasteiger partial charge in [-0.15, -0.1) is 0 Å². The molecule has 1 heterocycles. The second-order valence-electron chi connectivity index (χ2n) is 4.06. The molecule has 1 aromatic carbocycles. The van der Waals surface area contributed by atoms with E-state index in [9.17, 15) is 9.18 Å². The molecular formula is C13H14FN3O. The molecule has 0 unspecified atom stereocenters. The molecule has 0 saturated carbocycles. The Morgan fingerprint density at radius 2 is 2.00 bits per heavy atom. The van der Waals surface area contributed by atoms with Crippen LogP contribution in [0.4, 0.5) is 4.39 Å². The van der Waals surface area contributed by atoms with Gasteiger partial charge in [0.25, 0.3) is 5.56 Å². The maximum atomic E-state index is 14.0. The minimum absolute atomic E-state index is 0.111. The van der Waals surface area contributed by atoms with Crippen molar-refractivity contribution in [3.8, 4) is 0 Å². The van der Waals surface area contributed by atoms with Gasteiger partial charge in [-0.3, -0.25) is 4.79 Å². The van der Waals surface area contributed by atoms with Gasteiger partial charge in [-0.1, -0.05) is 18.2 Å². The number of nitrogens with zero attached hydrogens (tertiary/aromatic N) is 2. The van der Waals surface area contributed by atoms with Crippen LogP contribution in [0.15, 0.2) is 35.1 Å². The van der Waals surface area contributed by atoms with Crippen LogP contribution in [0, 0.1) is 12.7 Å². The monoisotopic (exact) mass is 247 g/mol. The zero-order chi connectivity index (χ0) is 13.1. The average Bonchev–Trinajstić information content (AvgIpc) is 2.36. The van der Waals surface area contributed by atoms with Crippen molar-refractivity contribution in [2.45, 2.75) is 20.0 Å². The fraction of sp³-hybridized carbons (Fsp3) is 0.231. The lowest BCUT2D eigenvalue weighted by molar-refractivity contribution is 0.559. The quantitative estimate of drug-likeness (QED) is 0.886. The van der Waals surface area contributed by atoms with Crippen molar-refractivity contribution in [3.63, 3.8) is 0 Å². The number of halogens is 1. The summed E-state index contributed by atoms with van der Waals surface area (Å²) in [4.78, 5) is 11.6. The van der Waals surface area contributed by atoms with Crippen molar-refractivity contribution in [1.82, 2.24) is 9.78 Å². The van der Waals surface area contributed by atoms with E-state index in [1.54, 1.807) is 31.2 Å². The van der Waals surface area contributed by atoms with Crippen LogP contribution in [0.1, 0.15) is 16.8 Å². The lowest BCUT2D eigenvalue weighted by Crippen LogP contribution is -2.23. The fourth-order valence-electron chi connectivity index (χ4n) is 1.74. The van der Waals surface area contributed by atoms with Crippen LogP contribution in [0.3, 0.4) is 0 Å². The highest BCUT2D eigenvalue weighted by molar-refractivity contribution is 5.26. The van der Waals surface area contributed by atoms with Crippen molar-refractivity contribution in [2.75, 3.05) is 0 Å². The van der Waals surface area contributed by atoms with Gasteiger partial charge >= 0.3 is 0 Å². The van der Waals surface area contributed by atoms with Gasteiger partial charge in [0.15, 0.2) is 0 Å². The number of benzene rings is 1. The molecule has 0 spiro atoms. The zero-order valence-electron chi connectivity index (χ0n) is 10.1. The van der Waals surface area contributed by atoms with Crippen molar-refractivity contribution in [3.05, 3.63) is 63.3 Å². The number of rotatable bonds is 3. The van der Waals surface area contributed by atoms with Crippen LogP contribution < -0.4 is 11.3 Å². The highest BCUT2D eigenvalue weighted by atomic mass is 19.1. The number of hydrogen-bond donors (Lipinski definition) is 1. The molecule has 0 aliphatic heterocycles. The fourth-order valence-corrected chi connectivity index (χ4v) is 1.74. The second kappa shape index (κ2) is 5.10. The molecule has 2 N–H and O–H groups in total. The first-order valence-corrected chi connectivity index (χ1v) is 5.63. The third-order valence-corrected chi connectivity index (χ3v) is 2.70. The summed E-state index contributed by atoms with van der Waals surface area (Å²) in [5.74, 6) is -0.366. The van der Waals surface area contributed by atoms with E-state index in [1.807, 2.05) is 0 Å². The van der Waals surface area contributed by atoms with Gasteiger partial charge in [-0.2, -0.15) is 5.10 Å². The summed E-state index contributed by atoms with van der Waals surface area (Å²) in [5.41, 5.74) is 6.76. The summed E-state index contributed by atoms with van der Waals surface area (Å²) in [5, 5.41) is 4.07. The number of hydrogen-bond acceptors (Lipinski definition) is 3. The van der Waals surface area contributed by atoms with E-state index in [2.05, 4.69) is 5.10 Å². The van der Waals surface area contributed by atoms with Crippen molar-refractivity contribution in [2.24, 2.45) is 5.73 Å². The summed E-state index contributed by atoms with van der Waals surface area (Å²) in [7, 11) is 0. The van der Waals surface area contributed by atoms with E-state index >= 15 is 0 Å². The highest BCUT2D eigenvalue weighted by Crippen LogP contribution is 2.13. The maximum absolute atomic E-state index is 14.0. The molecule has 0 amide bonds. The van der Waals surface area contributed by atoms with Gasteiger partial charge in [-0.25, -0.2) is 9.07 Å². The summed E-state index contributed by atoms with van der Waals surface area (Å²) < 4.78 is 15.2. The van der Waals surface area contributed by atoms with Crippen LogP contribution in [0.2, 0.25) is 0 Å². The molecule has 5 heteroatoms. The Kier molecular flexibility index (Phi) is 3.53. The van der Waals surface area contributed by atoms with Gasteiger partial charge < -0.3 is 5.73 Å². The first-order valence-electron chi connectivity index (χ1n) is 5.63. The van der Waals surface area contributed by atoms with E-state index in [0.29, 0.717) is 16.8 Å². The molecule has 94 valence electrons. The summed E-state index contributed by atoms with van der Waals surface area (Å²) in [6, 6.07) is 8.04. The van der Waals surface area contributed by atoms with Gasteiger partial charge in [0, 0.05) is 23.7 Å². The molecular weight excluding hydrogens is 233 g/mol. The molecule has 4 nitrogen and oxygen atoms in total. The molecule has 0 bridgehead atoms. The van der Waals surface area contributed by atoms with E-state index < -0.39 is 0 Å². The van der Waals surface area contributed by atoms with Crippen LogP contribution in [0.25, 0.3) is 0 Å². The van der Waals surface area contributed by atoms with Gasteiger partial charge in [0.05, 0.1) is 12.2 Å². The number of nitrogens with two attached hydrogens (primary N) is 1. The molecule has 0 aliphatic carbocycles. The molecule has 2 rings (SSSR count). The van der Waals surface area contributed by atoms with E-state index in [-0.39, 0.29) is 24.5 Å². The Hall–Kier alpha value is -2.01. The maximum Gasteiger partial charge on any atom is 0.267 e. The Morgan fingerprint density at radius 3 is 2.72 bits per heavy atom. The van der Waals surface area contributed by atoms with Gasteiger partial charge in [0.1, 0.15) is 5.82 Å². The molecule has 2 aromatic rings. The predicted octanol–water partition coefficient (Wildman–Crippen LogP) is 1.20. The Morgan fingerprint density at radius 1 is 1.28 bits per heavy atom. The summed E-state index contributed by atoms with van der Waals surface area (Å²) in [6.07, 6.45) is 0. The summed E-state index contributed by atoms with van der Waals surface area (Å²) >= 11 is 0. The largest absolute Gasteiger partial charge is 0.326 e. The topological polar surface area (TPSA) is 60.9 Å². The minimum atomic E-state index is -0.366. The molecule has 0 radical (unpaired) electrons. The van der Waals surface area contributed by atoms with Crippen molar-refractivity contribution >= 4 is 0 Å². The van der Waals surface area contributed by atoms with Crippen LogP contribution >= 0.6 is 0 Å². The lowest BCUT2D eigenvalue weighted by Gasteiger charge is -2.08. The van der Waals surface area contributed by atoms with Crippen LogP contribution in [-0.2, 0) is 13.1 Å². The molecule has 18 heavy (non-hydrogen) atoms. The smallest absolute Gasteiger partial charge is 0.267 e. The van der Waals surface area contributed by atoms with Crippen molar-refractivity contribution in [1.29, 1.82) is 0 Å². The second-order valence-corrected chi connectivity index (χ2v) is 4.06. The minimum Gasteiger partial charge on any atom is -0.326 e. The third-order valence-electron chi connectivity index (χ3n) is 2.70. The molecule has 0 fully saturated rings. The first kappa shape index (κ1) is 12.4. The zero-order valence-corrected chi connectivity index (χ0v) is 10.1. The predicted molar refractivity (Wildman–Crippen MR) is 66.6 cm³/mol. The normalized spacial score (nSPS) is 10.6.